The number of H-pyrrole nitrogens is 1. The summed E-state index contributed by atoms with van der Waals surface area (Å²) in [6.07, 6.45) is 1.40. The number of hydrogen-bond acceptors (Lipinski definition) is 6. The van der Waals surface area contributed by atoms with Crippen LogP contribution in [0.1, 0.15) is 46.2 Å². The second-order valence-electron chi connectivity index (χ2n) is 7.79. The Morgan fingerprint density at radius 3 is 2.42 bits per heavy atom. The number of carboxylic acid groups (broad SMARTS) is 1. The lowest BCUT2D eigenvalue weighted by atomic mass is 9.98. The topological polar surface area (TPSA) is 114 Å². The van der Waals surface area contributed by atoms with Crippen molar-refractivity contribution in [3.05, 3.63) is 76.6 Å². The third-order valence-electron chi connectivity index (χ3n) is 5.56. The summed E-state index contributed by atoms with van der Waals surface area (Å²) in [5.74, 6) is -0.0897. The first-order chi connectivity index (χ1) is 16.0. The smallest absolute Gasteiger partial charge is 0.341 e. The molecule has 8 heteroatoms. The van der Waals surface area contributed by atoms with Crippen LogP contribution >= 0.6 is 0 Å². The number of carbonyl (C=O) groups is 1. The molecule has 168 valence electrons. The number of aromatic carboxylic acids is 1. The maximum absolute atomic E-state index is 12.0. The van der Waals surface area contributed by atoms with E-state index in [9.17, 15) is 9.90 Å². The first-order valence-electron chi connectivity index (χ1n) is 10.8. The predicted molar refractivity (Wildman–Crippen MR) is 124 cm³/mol. The van der Waals surface area contributed by atoms with Gasteiger partial charge in [0.2, 0.25) is 5.82 Å². The fraction of sp³-hybridized carbons (Fsp3) is 0.240. The second-order valence-corrected chi connectivity index (χ2v) is 7.79. The van der Waals surface area contributed by atoms with E-state index in [4.69, 9.17) is 4.74 Å². The number of hydrogen-bond donors (Lipinski definition) is 2. The quantitative estimate of drug-likeness (QED) is 0.403. The van der Waals surface area contributed by atoms with E-state index in [1.165, 1.54) is 0 Å². The summed E-state index contributed by atoms with van der Waals surface area (Å²) in [4.78, 5) is 16.5. The number of aryl methyl sites for hydroxylation is 2. The van der Waals surface area contributed by atoms with Crippen molar-refractivity contribution in [3.8, 4) is 28.3 Å². The number of ether oxygens (including phenoxy) is 1. The van der Waals surface area contributed by atoms with Crippen molar-refractivity contribution in [1.82, 2.24) is 25.6 Å². The normalized spacial score (nSPS) is 10.9. The van der Waals surface area contributed by atoms with Crippen LogP contribution in [0.25, 0.3) is 22.5 Å². The van der Waals surface area contributed by atoms with E-state index in [0.717, 1.165) is 39.9 Å². The van der Waals surface area contributed by atoms with Crippen LogP contribution in [0, 0.1) is 13.8 Å². The lowest BCUT2D eigenvalue weighted by Crippen LogP contribution is -2.12. The van der Waals surface area contributed by atoms with E-state index < -0.39 is 5.97 Å². The highest BCUT2D eigenvalue weighted by molar-refractivity contribution is 5.93. The maximum atomic E-state index is 12.0. The van der Waals surface area contributed by atoms with Gasteiger partial charge in [-0.05, 0) is 42.2 Å². The Morgan fingerprint density at radius 1 is 1.06 bits per heavy atom. The fourth-order valence-electron chi connectivity index (χ4n) is 3.79. The molecule has 0 amide bonds. The zero-order valence-corrected chi connectivity index (χ0v) is 18.8. The van der Waals surface area contributed by atoms with Crippen LogP contribution in [0.15, 0.2) is 48.5 Å². The first-order valence-corrected chi connectivity index (χ1v) is 10.8. The molecule has 0 unspecified atom stereocenters. The highest BCUT2D eigenvalue weighted by Crippen LogP contribution is 2.31. The van der Waals surface area contributed by atoms with E-state index in [1.807, 2.05) is 69.3 Å². The Hall–Kier alpha value is -4.07. The summed E-state index contributed by atoms with van der Waals surface area (Å²) in [5.41, 5.74) is 6.06. The monoisotopic (exact) mass is 443 g/mol. The van der Waals surface area contributed by atoms with Crippen LogP contribution in [-0.4, -0.2) is 36.7 Å². The number of nitrogens with one attached hydrogen (secondary N) is 1. The van der Waals surface area contributed by atoms with Crippen molar-refractivity contribution < 1.29 is 14.6 Å². The minimum atomic E-state index is -1.02. The van der Waals surface area contributed by atoms with Gasteiger partial charge in [-0.1, -0.05) is 61.9 Å². The van der Waals surface area contributed by atoms with Crippen molar-refractivity contribution in [3.63, 3.8) is 0 Å². The Bertz CT molecular complexity index is 1270. The van der Waals surface area contributed by atoms with Gasteiger partial charge in [0.1, 0.15) is 17.9 Å². The molecule has 0 aliphatic heterocycles. The summed E-state index contributed by atoms with van der Waals surface area (Å²) in [5, 5.41) is 24.1. The molecule has 0 atom stereocenters. The molecule has 0 aliphatic rings. The average Bonchev–Trinajstić information content (AvgIpc) is 3.35. The van der Waals surface area contributed by atoms with Crippen LogP contribution in [-0.2, 0) is 13.0 Å². The summed E-state index contributed by atoms with van der Waals surface area (Å²) < 4.78 is 6.06. The van der Waals surface area contributed by atoms with Crippen LogP contribution in [0.2, 0.25) is 0 Å². The number of aromatic nitrogens is 5. The molecule has 2 heterocycles. The zero-order valence-electron chi connectivity index (χ0n) is 18.8. The Kier molecular flexibility index (Phi) is 6.44. The summed E-state index contributed by atoms with van der Waals surface area (Å²) >= 11 is 0. The fourth-order valence-corrected chi connectivity index (χ4v) is 3.79. The van der Waals surface area contributed by atoms with Crippen LogP contribution in [0.4, 0.5) is 0 Å². The van der Waals surface area contributed by atoms with Crippen molar-refractivity contribution in [2.75, 3.05) is 0 Å². The molecular formula is C25H25N5O3. The first kappa shape index (κ1) is 22.1. The van der Waals surface area contributed by atoms with Gasteiger partial charge in [0.05, 0.1) is 5.69 Å². The van der Waals surface area contributed by atoms with Gasteiger partial charge in [-0.2, -0.15) is 5.21 Å². The standard InChI is InChI=1S/C25H25N5O3/c1-4-7-21-22(25(31)32)23(15(2)16(3)26-21)33-14-17-10-12-18(13-11-17)19-8-5-6-9-20(19)24-27-29-30-28-24/h5-6,8-13H,4,7,14H2,1-3H3,(H,31,32)(H,27,28,29,30). The second kappa shape index (κ2) is 9.60. The van der Waals surface area contributed by atoms with E-state index >= 15 is 0 Å². The molecule has 0 saturated heterocycles. The van der Waals surface area contributed by atoms with E-state index in [1.54, 1.807) is 0 Å². The maximum Gasteiger partial charge on any atom is 0.341 e. The van der Waals surface area contributed by atoms with Gasteiger partial charge in [-0.15, -0.1) is 10.2 Å². The van der Waals surface area contributed by atoms with Gasteiger partial charge in [0, 0.05) is 16.8 Å². The summed E-state index contributed by atoms with van der Waals surface area (Å²) in [7, 11) is 0. The highest BCUT2D eigenvalue weighted by Gasteiger charge is 2.22. The largest absolute Gasteiger partial charge is 0.488 e. The molecule has 4 rings (SSSR count). The summed E-state index contributed by atoms with van der Waals surface area (Å²) in [6, 6.07) is 15.8. The van der Waals surface area contributed by atoms with Crippen LogP contribution in [0.3, 0.4) is 0 Å². The van der Waals surface area contributed by atoms with Gasteiger partial charge >= 0.3 is 5.97 Å². The lowest BCUT2D eigenvalue weighted by Gasteiger charge is -2.17. The molecule has 8 nitrogen and oxygen atoms in total. The molecule has 33 heavy (non-hydrogen) atoms. The number of rotatable bonds is 8. The molecule has 0 radical (unpaired) electrons. The minimum Gasteiger partial charge on any atom is -0.488 e. The van der Waals surface area contributed by atoms with Gasteiger partial charge in [-0.3, -0.25) is 4.98 Å². The molecule has 0 bridgehead atoms. The molecule has 0 aliphatic carbocycles. The van der Waals surface area contributed by atoms with E-state index in [2.05, 4.69) is 25.6 Å². The van der Waals surface area contributed by atoms with Gasteiger partial charge in [0.15, 0.2) is 0 Å². The van der Waals surface area contributed by atoms with Crippen molar-refractivity contribution in [2.45, 2.75) is 40.2 Å². The molecule has 0 saturated carbocycles. The highest BCUT2D eigenvalue weighted by atomic mass is 16.5. The van der Waals surface area contributed by atoms with Gasteiger partial charge in [0.25, 0.3) is 0 Å². The molecule has 2 aromatic carbocycles. The number of aromatic amines is 1. The molecule has 0 fully saturated rings. The SMILES string of the molecule is CCCc1nc(C)c(C)c(OCc2ccc(-c3ccccc3-c3nn[nH]n3)cc2)c1C(=O)O. The average molecular weight is 444 g/mol. The molecule has 2 aromatic heterocycles. The van der Waals surface area contributed by atoms with Crippen molar-refractivity contribution in [1.29, 1.82) is 0 Å². The van der Waals surface area contributed by atoms with Gasteiger partial charge in [-0.25, -0.2) is 4.79 Å². The van der Waals surface area contributed by atoms with Crippen LogP contribution in [0.5, 0.6) is 5.75 Å². The lowest BCUT2D eigenvalue weighted by molar-refractivity contribution is 0.0689. The molecular weight excluding hydrogens is 418 g/mol. The Morgan fingerprint density at radius 2 is 1.79 bits per heavy atom. The Labute approximate surface area is 191 Å². The number of carboxylic acids is 1. The van der Waals surface area contributed by atoms with Crippen molar-refractivity contribution >= 4 is 5.97 Å². The molecule has 4 aromatic rings. The van der Waals surface area contributed by atoms with E-state index in [0.29, 0.717) is 23.7 Å². The van der Waals surface area contributed by atoms with Crippen molar-refractivity contribution in [2.24, 2.45) is 0 Å². The number of nitrogens with zero attached hydrogens (tertiary/aromatic N) is 4. The predicted octanol–water partition coefficient (Wildman–Crippen LogP) is 4.78. The number of pyridine rings is 1. The van der Waals surface area contributed by atoms with E-state index in [-0.39, 0.29) is 12.2 Å². The molecule has 2 N–H and O–H groups in total. The number of tetrazole rings is 1. The Balaban J connectivity index is 1.59. The van der Waals surface area contributed by atoms with Crippen LogP contribution < -0.4 is 4.74 Å². The molecule has 0 spiro atoms. The summed E-state index contributed by atoms with van der Waals surface area (Å²) in [6.45, 7) is 5.98. The minimum absolute atomic E-state index is 0.158. The van der Waals surface area contributed by atoms with Gasteiger partial charge < -0.3 is 9.84 Å². The zero-order chi connectivity index (χ0) is 23.4. The third kappa shape index (κ3) is 4.59. The third-order valence-corrected chi connectivity index (χ3v) is 5.56. The number of benzene rings is 2.